The van der Waals surface area contributed by atoms with Crippen LogP contribution in [0.3, 0.4) is 0 Å². The molecule has 0 aliphatic rings. The van der Waals surface area contributed by atoms with E-state index in [-0.39, 0.29) is 28.7 Å². The van der Waals surface area contributed by atoms with Crippen LogP contribution in [0.4, 0.5) is 26.3 Å². The highest BCUT2D eigenvalue weighted by molar-refractivity contribution is 6.03. The Hall–Kier alpha value is -4.15. The van der Waals surface area contributed by atoms with Crippen molar-refractivity contribution in [1.82, 2.24) is 19.7 Å². The Balaban J connectivity index is 1.70. The second-order valence-electron chi connectivity index (χ2n) is 7.86. The summed E-state index contributed by atoms with van der Waals surface area (Å²) in [6.07, 6.45) is -7.63. The van der Waals surface area contributed by atoms with Crippen LogP contribution in [-0.2, 0) is 18.8 Å². The molecular formula is C24H14F6N4O. The van der Waals surface area contributed by atoms with Crippen LogP contribution < -0.4 is 5.56 Å². The van der Waals surface area contributed by atoms with Crippen molar-refractivity contribution in [2.24, 2.45) is 0 Å². The molecule has 3 aromatic heterocycles. The molecule has 0 atom stereocenters. The Labute approximate surface area is 192 Å². The van der Waals surface area contributed by atoms with Gasteiger partial charge in [-0.1, -0.05) is 18.2 Å². The first-order valence-electron chi connectivity index (χ1n) is 10.2. The van der Waals surface area contributed by atoms with Gasteiger partial charge in [-0.2, -0.15) is 31.4 Å². The van der Waals surface area contributed by atoms with E-state index in [9.17, 15) is 31.1 Å². The lowest BCUT2D eigenvalue weighted by atomic mass is 10.0. The monoisotopic (exact) mass is 488 g/mol. The molecule has 178 valence electrons. The zero-order valence-electron chi connectivity index (χ0n) is 17.6. The number of benzene rings is 2. The van der Waals surface area contributed by atoms with Crippen LogP contribution in [0, 0.1) is 0 Å². The van der Waals surface area contributed by atoms with Gasteiger partial charge >= 0.3 is 12.4 Å². The quantitative estimate of drug-likeness (QED) is 0.322. The van der Waals surface area contributed by atoms with Crippen LogP contribution in [-0.4, -0.2) is 19.7 Å². The maximum absolute atomic E-state index is 13.6. The summed E-state index contributed by atoms with van der Waals surface area (Å²) in [4.78, 5) is 17.8. The maximum atomic E-state index is 13.6. The average molecular weight is 488 g/mol. The van der Waals surface area contributed by atoms with E-state index < -0.39 is 29.0 Å². The lowest BCUT2D eigenvalue weighted by Crippen LogP contribution is -2.21. The van der Waals surface area contributed by atoms with Crippen LogP contribution in [0.1, 0.15) is 22.4 Å². The Morgan fingerprint density at radius 3 is 2.26 bits per heavy atom. The number of nitrogens with one attached hydrogen (secondary N) is 1. The number of pyridine rings is 2. The van der Waals surface area contributed by atoms with Gasteiger partial charge in [-0.05, 0) is 48.0 Å². The Morgan fingerprint density at radius 1 is 0.857 bits per heavy atom. The molecular weight excluding hydrogens is 474 g/mol. The molecule has 0 saturated heterocycles. The third-order valence-corrected chi connectivity index (χ3v) is 5.61. The summed E-state index contributed by atoms with van der Waals surface area (Å²) in [6.45, 7) is 0. The second kappa shape index (κ2) is 7.97. The molecule has 5 rings (SSSR count). The van der Waals surface area contributed by atoms with Gasteiger partial charge in [0, 0.05) is 18.0 Å². The van der Waals surface area contributed by atoms with Crippen molar-refractivity contribution in [1.29, 1.82) is 0 Å². The summed E-state index contributed by atoms with van der Waals surface area (Å²) >= 11 is 0. The van der Waals surface area contributed by atoms with E-state index in [1.54, 1.807) is 12.1 Å². The number of aromatic nitrogens is 4. The van der Waals surface area contributed by atoms with E-state index >= 15 is 0 Å². The predicted octanol–water partition coefficient (Wildman–Crippen LogP) is 5.89. The molecule has 0 spiro atoms. The molecule has 0 amide bonds. The van der Waals surface area contributed by atoms with Crippen molar-refractivity contribution in [2.75, 3.05) is 0 Å². The molecule has 0 unspecified atom stereocenters. The van der Waals surface area contributed by atoms with E-state index in [0.29, 0.717) is 16.6 Å². The number of hydrogen-bond donors (Lipinski definition) is 1. The normalized spacial score (nSPS) is 12.5. The third kappa shape index (κ3) is 4.02. The van der Waals surface area contributed by atoms with Crippen LogP contribution in [0.15, 0.2) is 71.7 Å². The molecule has 2 aromatic carbocycles. The number of aromatic amines is 1. The summed E-state index contributed by atoms with van der Waals surface area (Å²) < 4.78 is 79.7. The minimum absolute atomic E-state index is 0.0305. The molecule has 5 nitrogen and oxygen atoms in total. The topological polar surface area (TPSA) is 63.6 Å². The molecule has 0 aliphatic heterocycles. The summed E-state index contributed by atoms with van der Waals surface area (Å²) in [6, 6.07) is 12.0. The molecule has 0 aliphatic carbocycles. The van der Waals surface area contributed by atoms with Crippen LogP contribution >= 0.6 is 0 Å². The summed E-state index contributed by atoms with van der Waals surface area (Å²) in [7, 11) is 0. The van der Waals surface area contributed by atoms with Crippen LogP contribution in [0.25, 0.3) is 27.6 Å². The Kier molecular flexibility index (Phi) is 5.15. The van der Waals surface area contributed by atoms with Crippen molar-refractivity contribution in [3.8, 4) is 5.69 Å². The van der Waals surface area contributed by atoms with E-state index in [0.717, 1.165) is 28.8 Å². The van der Waals surface area contributed by atoms with Gasteiger partial charge in [0.15, 0.2) is 0 Å². The van der Waals surface area contributed by atoms with Crippen LogP contribution in [0.2, 0.25) is 0 Å². The Morgan fingerprint density at radius 2 is 1.57 bits per heavy atom. The van der Waals surface area contributed by atoms with Gasteiger partial charge in [-0.15, -0.1) is 0 Å². The van der Waals surface area contributed by atoms with Gasteiger partial charge in [0.25, 0.3) is 5.56 Å². The van der Waals surface area contributed by atoms with Gasteiger partial charge in [0.2, 0.25) is 0 Å². The highest BCUT2D eigenvalue weighted by atomic mass is 19.4. The standard InChI is InChI=1S/C24H14F6N4O/c25-23(26,27)14-8-6-13(7-9-14)11-18-19-20(33-32-18)17-5-2-10-31-21(17)34(22(19)35)16-4-1-3-15(12-16)24(28,29)30/h1-10,12H,11H2,(H,32,33). The number of alkyl halides is 6. The first kappa shape index (κ1) is 22.6. The molecule has 0 bridgehead atoms. The minimum atomic E-state index is -4.61. The van der Waals surface area contributed by atoms with E-state index in [4.69, 9.17) is 0 Å². The van der Waals surface area contributed by atoms with Crippen molar-refractivity contribution >= 4 is 21.9 Å². The lowest BCUT2D eigenvalue weighted by molar-refractivity contribution is -0.138. The highest BCUT2D eigenvalue weighted by Gasteiger charge is 2.31. The van der Waals surface area contributed by atoms with Crippen molar-refractivity contribution in [3.63, 3.8) is 0 Å². The second-order valence-corrected chi connectivity index (χ2v) is 7.86. The highest BCUT2D eigenvalue weighted by Crippen LogP contribution is 2.32. The first-order chi connectivity index (χ1) is 16.5. The zero-order valence-corrected chi connectivity index (χ0v) is 17.6. The number of H-pyrrole nitrogens is 1. The molecule has 5 aromatic rings. The number of halogens is 6. The largest absolute Gasteiger partial charge is 0.416 e. The van der Waals surface area contributed by atoms with E-state index in [2.05, 4.69) is 15.2 Å². The molecule has 0 radical (unpaired) electrons. The lowest BCUT2D eigenvalue weighted by Gasteiger charge is -2.13. The van der Waals surface area contributed by atoms with Gasteiger partial charge in [0.05, 0.1) is 27.9 Å². The van der Waals surface area contributed by atoms with Crippen molar-refractivity contribution in [2.45, 2.75) is 18.8 Å². The maximum Gasteiger partial charge on any atom is 0.416 e. The fourth-order valence-electron chi connectivity index (χ4n) is 3.98. The number of fused-ring (bicyclic) bond motifs is 3. The van der Waals surface area contributed by atoms with Gasteiger partial charge in [-0.25, -0.2) is 4.98 Å². The molecule has 1 N–H and O–H groups in total. The minimum Gasteiger partial charge on any atom is -0.281 e. The average Bonchev–Trinajstić information content (AvgIpc) is 3.23. The first-order valence-corrected chi connectivity index (χ1v) is 10.2. The fraction of sp³-hybridized carbons (Fsp3) is 0.125. The van der Waals surface area contributed by atoms with Gasteiger partial charge < -0.3 is 0 Å². The number of nitrogens with zero attached hydrogens (tertiary/aromatic N) is 3. The zero-order chi connectivity index (χ0) is 25.0. The van der Waals surface area contributed by atoms with E-state index in [1.165, 1.54) is 30.5 Å². The van der Waals surface area contributed by atoms with Gasteiger partial charge in [0.1, 0.15) is 11.2 Å². The summed E-state index contributed by atoms with van der Waals surface area (Å²) in [5, 5.41) is 7.51. The smallest absolute Gasteiger partial charge is 0.281 e. The third-order valence-electron chi connectivity index (χ3n) is 5.61. The molecule has 11 heteroatoms. The summed E-state index contributed by atoms with van der Waals surface area (Å²) in [5.41, 5.74) is -1.22. The molecule has 3 heterocycles. The fourth-order valence-corrected chi connectivity index (χ4v) is 3.98. The van der Waals surface area contributed by atoms with Crippen molar-refractivity contribution in [3.05, 3.63) is 99.6 Å². The number of hydrogen-bond acceptors (Lipinski definition) is 3. The Bertz CT molecular complexity index is 1610. The van der Waals surface area contributed by atoms with Crippen LogP contribution in [0.5, 0.6) is 0 Å². The summed E-state index contributed by atoms with van der Waals surface area (Å²) in [5.74, 6) is 0. The SMILES string of the molecule is O=c1c2c(Cc3ccc(C(F)(F)F)cc3)[nH]nc2c2cccnc2n1-c1cccc(C(F)(F)F)c1. The van der Waals surface area contributed by atoms with Gasteiger partial charge in [-0.3, -0.25) is 14.5 Å². The molecule has 0 fully saturated rings. The van der Waals surface area contributed by atoms with E-state index in [1.807, 2.05) is 0 Å². The number of rotatable bonds is 3. The molecule has 35 heavy (non-hydrogen) atoms. The van der Waals surface area contributed by atoms with Crippen molar-refractivity contribution < 1.29 is 26.3 Å². The predicted molar refractivity (Wildman–Crippen MR) is 116 cm³/mol. The molecule has 0 saturated carbocycles.